The van der Waals surface area contributed by atoms with E-state index in [-0.39, 0.29) is 37.5 Å². The molecule has 34 nitrogen and oxygen atoms in total. The number of hydrogen-bond donors (Lipinski definition) is 18. The molecule has 0 spiro atoms. The van der Waals surface area contributed by atoms with Crippen LogP contribution in [0.25, 0.3) is 11.4 Å². The van der Waals surface area contributed by atoms with Gasteiger partial charge in [-0.3, -0.25) is 33.7 Å². The number of aliphatic hydroxyl groups is 16. The van der Waals surface area contributed by atoms with E-state index >= 15 is 0 Å². The molecule has 442 valence electrons. The Morgan fingerprint density at radius 3 is 1.32 bits per heavy atom. The summed E-state index contributed by atoms with van der Waals surface area (Å²) in [6.07, 6.45) is -2.28. The zero-order valence-corrected chi connectivity index (χ0v) is 42.8. The SMILES string of the molecule is COc1ccc(-n2nc(C(N)=O)c3c2C(=O)N(c2ccc(N4C(=O)C(O)(O)CC(COc5ccc(-n6nc(C(N)=O)c7c6C(=O)N(c6ccc(N8CC(O)(O)C(O)(O)CC8=O)cc6)C(O)(O)C7(O)O)cc5)C4(O)O)cc2)C(O)(O)C3(O)O)cc1. The van der Waals surface area contributed by atoms with Crippen LogP contribution in [0.5, 0.6) is 11.5 Å². The normalized spacial score (nSPS) is 21.4. The highest BCUT2D eigenvalue weighted by Crippen LogP contribution is 2.48. The van der Waals surface area contributed by atoms with Crippen LogP contribution in [0, 0.1) is 5.92 Å². The number of fused-ring (bicyclic) bond motifs is 2. The zero-order valence-electron chi connectivity index (χ0n) is 42.8. The van der Waals surface area contributed by atoms with Crippen LogP contribution < -0.4 is 40.5 Å². The predicted octanol–water partition coefficient (Wildman–Crippen LogP) is -7.01. The monoisotopic (exact) mass is 1170 g/mol. The van der Waals surface area contributed by atoms with E-state index in [0.29, 0.717) is 10.4 Å². The third-order valence-corrected chi connectivity index (χ3v) is 14.6. The second-order valence-electron chi connectivity index (χ2n) is 20.0. The molecular formula is C50H48N10O24. The number of nitrogens with zero attached hydrogens (tertiary/aromatic N) is 8. The van der Waals surface area contributed by atoms with Crippen molar-refractivity contribution < 1.29 is 120 Å². The molecule has 84 heavy (non-hydrogen) atoms. The maximum Gasteiger partial charge on any atom is 0.315 e. The van der Waals surface area contributed by atoms with Gasteiger partial charge < -0.3 is 108 Å². The molecule has 4 aliphatic rings. The van der Waals surface area contributed by atoms with Crippen LogP contribution in [-0.2, 0) is 21.2 Å². The average molecular weight is 1170 g/mol. The largest absolute Gasteiger partial charge is 0.497 e. The van der Waals surface area contributed by atoms with E-state index in [4.69, 9.17) is 20.9 Å². The minimum atomic E-state index is -4.03. The molecule has 2 saturated heterocycles. The Kier molecular flexibility index (Phi) is 13.2. The summed E-state index contributed by atoms with van der Waals surface area (Å²) >= 11 is 0. The fourth-order valence-corrected chi connectivity index (χ4v) is 10.2. The van der Waals surface area contributed by atoms with Crippen molar-refractivity contribution in [1.82, 2.24) is 19.6 Å². The van der Waals surface area contributed by atoms with Gasteiger partial charge in [0.1, 0.15) is 22.9 Å². The molecule has 4 aliphatic heterocycles. The first-order valence-electron chi connectivity index (χ1n) is 24.3. The predicted molar refractivity (Wildman–Crippen MR) is 271 cm³/mol. The van der Waals surface area contributed by atoms with Crippen molar-refractivity contribution >= 4 is 58.2 Å². The summed E-state index contributed by atoms with van der Waals surface area (Å²) in [6.45, 7) is -1.93. The molecule has 0 radical (unpaired) electrons. The first-order chi connectivity index (χ1) is 38.9. The van der Waals surface area contributed by atoms with Crippen LogP contribution in [0.2, 0.25) is 0 Å². The number of nitrogens with two attached hydrogens (primary N) is 2. The molecule has 1 atom stereocenters. The van der Waals surface area contributed by atoms with Crippen LogP contribution in [0.3, 0.4) is 0 Å². The summed E-state index contributed by atoms with van der Waals surface area (Å²) in [7, 11) is 1.36. The van der Waals surface area contributed by atoms with Gasteiger partial charge in [-0.25, -0.2) is 19.2 Å². The summed E-state index contributed by atoms with van der Waals surface area (Å²) in [5.41, 5.74) is 2.98. The Morgan fingerprint density at radius 1 is 0.536 bits per heavy atom. The average Bonchev–Trinajstić information content (AvgIpc) is 1.61. The number of aromatic nitrogens is 4. The Labute approximate surface area is 467 Å². The first kappa shape index (κ1) is 58.3. The number of methoxy groups -OCH3 is 1. The number of anilines is 4. The second kappa shape index (κ2) is 19.1. The summed E-state index contributed by atoms with van der Waals surface area (Å²) in [5.74, 6) is -39.4. The molecule has 10 rings (SSSR count). The molecule has 20 N–H and O–H groups in total. The van der Waals surface area contributed by atoms with Crippen molar-refractivity contribution in [3.05, 3.63) is 131 Å². The maximum atomic E-state index is 14.4. The van der Waals surface area contributed by atoms with Crippen molar-refractivity contribution in [3.63, 3.8) is 0 Å². The molecule has 4 aromatic carbocycles. The van der Waals surface area contributed by atoms with Crippen LogP contribution in [0.4, 0.5) is 22.7 Å². The van der Waals surface area contributed by atoms with Gasteiger partial charge in [-0.2, -0.15) is 10.2 Å². The van der Waals surface area contributed by atoms with Crippen LogP contribution in [-0.4, -0.2) is 192 Å². The number of piperidine rings is 2. The van der Waals surface area contributed by atoms with E-state index in [2.05, 4.69) is 10.2 Å². The molecule has 2 aromatic heterocycles. The lowest BCUT2D eigenvalue weighted by Gasteiger charge is -2.48. The number of benzene rings is 4. The van der Waals surface area contributed by atoms with E-state index in [0.717, 1.165) is 82.4 Å². The number of hydrogen-bond acceptors (Lipinski definition) is 26. The van der Waals surface area contributed by atoms with Gasteiger partial charge in [0.2, 0.25) is 23.3 Å². The quantitative estimate of drug-likeness (QED) is 0.0506. The summed E-state index contributed by atoms with van der Waals surface area (Å²) in [4.78, 5) is 81.2. The highest BCUT2D eigenvalue weighted by Gasteiger charge is 2.66. The standard InChI is InChI=1S/C50H48N10O24/c1-83-29-14-10-27(11-15-29)59-36-32(34(53-59)38(51)62)47(75,76)50(81,82)57(41(36)65)25-6-8-26(9-7-25)58-42(66)43(67,68)18-22(48(58,77)78)20-84-30-16-12-28(13-17-30)60-37-33(35(54-60)39(52)63)46(73,74)49(79,80)56(40(37)64)24-4-2-23(3-5-24)55-21-45(71,72)44(69,70)19-31(55)61/h2-17,22,67-82H,18-21H2,1H3,(H2,51,62)(H2,52,63). The van der Waals surface area contributed by atoms with Crippen molar-refractivity contribution in [3.8, 4) is 22.9 Å². The summed E-state index contributed by atoms with van der Waals surface area (Å²) in [5, 5.41) is 184. The Hall–Kier alpha value is -8.92. The Morgan fingerprint density at radius 2 is 0.917 bits per heavy atom. The molecule has 6 amide bonds. The third kappa shape index (κ3) is 8.60. The molecule has 0 aliphatic carbocycles. The number of β-amino-alcohol motifs (C(OH)–C–C–N with tert-alkyl or cyclic N) is 2. The number of carbonyl (C=O) groups excluding carboxylic acids is 6. The second-order valence-corrected chi connectivity index (χ2v) is 20.0. The molecule has 2 fully saturated rings. The number of carbonyl (C=O) groups is 6. The van der Waals surface area contributed by atoms with Gasteiger partial charge in [0.15, 0.2) is 11.4 Å². The number of ether oxygens (including phenoxy) is 2. The molecule has 0 saturated carbocycles. The molecule has 1 unspecified atom stereocenters. The zero-order chi connectivity index (χ0) is 61.6. The van der Waals surface area contributed by atoms with Crippen molar-refractivity contribution in [2.45, 2.75) is 59.5 Å². The topological polar surface area (TPSA) is 545 Å². The van der Waals surface area contributed by atoms with Crippen LogP contribution >= 0.6 is 0 Å². The summed E-state index contributed by atoms with van der Waals surface area (Å²) in [6, 6.07) is 17.4. The minimum Gasteiger partial charge on any atom is -0.497 e. The van der Waals surface area contributed by atoms with Crippen LogP contribution in [0.1, 0.15) is 65.9 Å². The first-order valence-corrected chi connectivity index (χ1v) is 24.3. The third-order valence-electron chi connectivity index (χ3n) is 14.6. The Bertz CT molecular complexity index is 3720. The molecule has 0 bridgehead atoms. The number of amides is 6. The van der Waals surface area contributed by atoms with Crippen LogP contribution in [0.15, 0.2) is 97.1 Å². The smallest absolute Gasteiger partial charge is 0.315 e. The fourth-order valence-electron chi connectivity index (χ4n) is 10.2. The molecular weight excluding hydrogens is 1120 g/mol. The lowest BCUT2D eigenvalue weighted by molar-refractivity contribution is -0.363. The highest BCUT2D eigenvalue weighted by atomic mass is 16.6. The van der Waals surface area contributed by atoms with Crippen molar-refractivity contribution in [2.75, 3.05) is 39.9 Å². The van der Waals surface area contributed by atoms with Gasteiger partial charge in [-0.05, 0) is 97.1 Å². The lowest BCUT2D eigenvalue weighted by atomic mass is 9.88. The van der Waals surface area contributed by atoms with E-state index in [1.807, 2.05) is 0 Å². The van der Waals surface area contributed by atoms with Gasteiger partial charge in [0.05, 0.1) is 55.1 Å². The lowest BCUT2D eigenvalue weighted by Crippen LogP contribution is -2.69. The van der Waals surface area contributed by atoms with Gasteiger partial charge in [-0.1, -0.05) is 0 Å². The van der Waals surface area contributed by atoms with Crippen molar-refractivity contribution in [2.24, 2.45) is 17.4 Å². The van der Waals surface area contributed by atoms with E-state index < -0.39 is 165 Å². The van der Waals surface area contributed by atoms with E-state index in [9.17, 15) is 110 Å². The maximum absolute atomic E-state index is 14.4. The van der Waals surface area contributed by atoms with Gasteiger partial charge in [-0.15, -0.1) is 0 Å². The van der Waals surface area contributed by atoms with Crippen molar-refractivity contribution in [1.29, 1.82) is 0 Å². The van der Waals surface area contributed by atoms with Gasteiger partial charge in [0.25, 0.3) is 47.0 Å². The Balaban J connectivity index is 0.908. The van der Waals surface area contributed by atoms with Gasteiger partial charge >= 0.3 is 11.8 Å². The minimum absolute atomic E-state index is 0.0168. The number of primary amides is 2. The summed E-state index contributed by atoms with van der Waals surface area (Å²) < 4.78 is 12.3. The number of rotatable bonds is 12. The molecule has 6 heterocycles. The van der Waals surface area contributed by atoms with E-state index in [1.165, 1.54) is 31.4 Å². The van der Waals surface area contributed by atoms with E-state index in [1.54, 1.807) is 0 Å². The highest BCUT2D eigenvalue weighted by molar-refractivity contribution is 6.12. The van der Waals surface area contributed by atoms with Gasteiger partial charge in [0, 0.05) is 29.2 Å². The molecule has 6 aromatic rings. The molecule has 34 heteroatoms. The fraction of sp³-hybridized carbons (Fsp3) is 0.280.